The molecule has 2 nitrogen and oxygen atoms in total. The Morgan fingerprint density at radius 2 is 1.56 bits per heavy atom. The van der Waals surface area contributed by atoms with Crippen LogP contribution in [0.15, 0.2) is 60.1 Å². The summed E-state index contributed by atoms with van der Waals surface area (Å²) in [4.78, 5) is 0. The number of aromatic nitrogens is 1. The van der Waals surface area contributed by atoms with Gasteiger partial charge in [-0.1, -0.05) is 53.8 Å². The number of halogens is 1. The first-order valence-corrected chi connectivity index (χ1v) is 6.21. The molecule has 0 atom stereocenters. The molecule has 0 unspecified atom stereocenters. The van der Waals surface area contributed by atoms with Gasteiger partial charge in [0.2, 0.25) is 11.0 Å². The van der Waals surface area contributed by atoms with Crippen molar-refractivity contribution in [2.75, 3.05) is 0 Å². The third kappa shape index (κ3) is 2.96. The molecule has 2 N–H and O–H groups in total. The molecule has 0 radical (unpaired) electrons. The highest BCUT2D eigenvalue weighted by Crippen LogP contribution is 2.15. The van der Waals surface area contributed by atoms with Crippen LogP contribution in [-0.2, 0) is 6.54 Å². The summed E-state index contributed by atoms with van der Waals surface area (Å²) in [5.41, 5.74) is 4.85. The van der Waals surface area contributed by atoms with Crippen LogP contribution in [0.1, 0.15) is 5.56 Å². The van der Waals surface area contributed by atoms with E-state index in [-0.39, 0.29) is 22.5 Å². The predicted octanol–water partition coefficient (Wildman–Crippen LogP) is -0.584. The monoisotopic (exact) mass is 323 g/mol. The number of fused-ring (bicyclic) bond motifs is 1. The van der Waals surface area contributed by atoms with Crippen molar-refractivity contribution >= 4 is 21.6 Å². The van der Waals surface area contributed by atoms with Crippen molar-refractivity contribution in [1.82, 2.24) is 0 Å². The maximum Gasteiger partial charge on any atom is 0.226 e. The number of thiazole rings is 1. The first kappa shape index (κ1) is 14.8. The van der Waals surface area contributed by atoms with Crippen molar-refractivity contribution in [3.63, 3.8) is 0 Å². The fourth-order valence-corrected chi connectivity index (χ4v) is 2.77. The highest BCUT2D eigenvalue weighted by molar-refractivity contribution is 7.16. The molecule has 0 bridgehead atoms. The minimum Gasteiger partial charge on any atom is -1.00 e. The van der Waals surface area contributed by atoms with E-state index in [9.17, 15) is 0 Å². The average molecular weight is 324 g/mol. The van der Waals surface area contributed by atoms with Crippen LogP contribution in [0.25, 0.3) is 10.2 Å². The Bertz CT molecular complexity index is 609. The van der Waals surface area contributed by atoms with Crippen LogP contribution < -0.4 is 21.5 Å². The van der Waals surface area contributed by atoms with Gasteiger partial charge in [-0.25, -0.2) is 0 Å². The molecule has 0 amide bonds. The molecule has 0 aliphatic rings. The normalized spacial score (nSPS) is 9.56. The van der Waals surface area contributed by atoms with Gasteiger partial charge in [0.05, 0.1) is 0 Å². The molecule has 3 aromatic rings. The number of hydrogen-bond acceptors (Lipinski definition) is 1. The molecular formula is C14H14BrNOS. The van der Waals surface area contributed by atoms with Gasteiger partial charge in [-0.2, -0.15) is 4.57 Å². The standard InChI is InChI=1S/C14H12NS.BrH.H2O/c1-2-6-12(7-3-1)10-15-11-16-14-9-5-4-8-13(14)15;;/h1-9,11H,10H2;1H;1H2/q+1;;/p-1. The molecule has 0 aliphatic heterocycles. The predicted molar refractivity (Wildman–Crippen MR) is 71.2 cm³/mol. The van der Waals surface area contributed by atoms with Crippen molar-refractivity contribution < 1.29 is 27.0 Å². The fraction of sp³-hybridized carbons (Fsp3) is 0.0714. The second-order valence-corrected chi connectivity index (χ2v) is 4.69. The van der Waals surface area contributed by atoms with Crippen LogP contribution in [0.5, 0.6) is 0 Å². The number of nitrogens with zero attached hydrogens (tertiary/aromatic N) is 1. The second-order valence-electron chi connectivity index (χ2n) is 3.80. The molecule has 0 aliphatic carbocycles. The molecule has 0 saturated carbocycles. The van der Waals surface area contributed by atoms with Gasteiger partial charge in [-0.05, 0) is 6.07 Å². The number of rotatable bonds is 2. The van der Waals surface area contributed by atoms with Crippen molar-refractivity contribution in [2.24, 2.45) is 0 Å². The lowest BCUT2D eigenvalue weighted by atomic mass is 10.2. The van der Waals surface area contributed by atoms with Crippen LogP contribution >= 0.6 is 11.3 Å². The van der Waals surface area contributed by atoms with E-state index >= 15 is 0 Å². The fourth-order valence-electron chi connectivity index (χ4n) is 1.87. The van der Waals surface area contributed by atoms with Crippen molar-refractivity contribution in [3.8, 4) is 0 Å². The lowest BCUT2D eigenvalue weighted by Crippen LogP contribution is -3.00. The van der Waals surface area contributed by atoms with Gasteiger partial charge in [0.25, 0.3) is 0 Å². The smallest absolute Gasteiger partial charge is 0.226 e. The summed E-state index contributed by atoms with van der Waals surface area (Å²) in [7, 11) is 0. The molecule has 3 rings (SSSR count). The van der Waals surface area contributed by atoms with E-state index in [1.54, 1.807) is 11.3 Å². The van der Waals surface area contributed by atoms with Crippen molar-refractivity contribution in [2.45, 2.75) is 6.54 Å². The molecule has 18 heavy (non-hydrogen) atoms. The quantitative estimate of drug-likeness (QED) is 0.566. The Morgan fingerprint density at radius 3 is 2.33 bits per heavy atom. The topological polar surface area (TPSA) is 35.4 Å². The van der Waals surface area contributed by atoms with Crippen LogP contribution in [-0.4, -0.2) is 5.48 Å². The van der Waals surface area contributed by atoms with Crippen molar-refractivity contribution in [3.05, 3.63) is 65.7 Å². The lowest BCUT2D eigenvalue weighted by molar-refractivity contribution is -0.658. The average Bonchev–Trinajstić information content (AvgIpc) is 2.74. The zero-order chi connectivity index (χ0) is 10.8. The largest absolute Gasteiger partial charge is 1.00 e. The summed E-state index contributed by atoms with van der Waals surface area (Å²) in [6.07, 6.45) is 0. The van der Waals surface area contributed by atoms with E-state index < -0.39 is 0 Å². The SMILES string of the molecule is O.[Br-].c1ccc(C[n+]2csc3ccccc32)cc1. The third-order valence-electron chi connectivity index (χ3n) is 2.68. The van der Waals surface area contributed by atoms with E-state index in [0.717, 1.165) is 6.54 Å². The zero-order valence-electron chi connectivity index (χ0n) is 9.71. The maximum absolute atomic E-state index is 2.30. The maximum atomic E-state index is 2.30. The van der Waals surface area contributed by atoms with Crippen LogP contribution in [0.4, 0.5) is 0 Å². The van der Waals surface area contributed by atoms with E-state index in [0.29, 0.717) is 0 Å². The summed E-state index contributed by atoms with van der Waals surface area (Å²) in [5.74, 6) is 0. The van der Waals surface area contributed by atoms with E-state index in [2.05, 4.69) is 64.7 Å². The van der Waals surface area contributed by atoms with Crippen LogP contribution in [0.2, 0.25) is 0 Å². The Morgan fingerprint density at radius 1 is 0.889 bits per heavy atom. The minimum atomic E-state index is 0. The van der Waals surface area contributed by atoms with Crippen molar-refractivity contribution in [1.29, 1.82) is 0 Å². The Balaban J connectivity index is 0.000000810. The van der Waals surface area contributed by atoms with Gasteiger partial charge in [-0.3, -0.25) is 0 Å². The molecule has 4 heteroatoms. The molecule has 0 saturated heterocycles. The third-order valence-corrected chi connectivity index (χ3v) is 3.64. The summed E-state index contributed by atoms with van der Waals surface area (Å²) >= 11 is 1.80. The summed E-state index contributed by atoms with van der Waals surface area (Å²) in [6, 6.07) is 19.1. The Kier molecular flexibility index (Phi) is 5.47. The van der Waals surface area contributed by atoms with E-state index in [1.165, 1.54) is 15.8 Å². The Labute approximate surface area is 121 Å². The van der Waals surface area contributed by atoms with Gasteiger partial charge in [-0.15, -0.1) is 0 Å². The van der Waals surface area contributed by atoms with E-state index in [1.807, 2.05) is 0 Å². The highest BCUT2D eigenvalue weighted by atomic mass is 79.9. The van der Waals surface area contributed by atoms with Crippen LogP contribution in [0, 0.1) is 0 Å². The molecule has 94 valence electrons. The van der Waals surface area contributed by atoms with Gasteiger partial charge >= 0.3 is 0 Å². The molecule has 1 heterocycles. The zero-order valence-corrected chi connectivity index (χ0v) is 12.1. The van der Waals surface area contributed by atoms with Crippen LogP contribution in [0.3, 0.4) is 0 Å². The van der Waals surface area contributed by atoms with Gasteiger partial charge in [0.1, 0.15) is 4.70 Å². The van der Waals surface area contributed by atoms with Gasteiger partial charge in [0.15, 0.2) is 6.54 Å². The minimum absolute atomic E-state index is 0. The molecule has 0 fully saturated rings. The van der Waals surface area contributed by atoms with E-state index in [4.69, 9.17) is 0 Å². The van der Waals surface area contributed by atoms with Gasteiger partial charge in [0, 0.05) is 11.6 Å². The van der Waals surface area contributed by atoms with Gasteiger partial charge < -0.3 is 22.5 Å². The molecule has 1 aromatic heterocycles. The summed E-state index contributed by atoms with van der Waals surface area (Å²) in [5, 5.41) is 0. The second kappa shape index (κ2) is 6.64. The molecule has 2 aromatic carbocycles. The highest BCUT2D eigenvalue weighted by Gasteiger charge is 2.10. The summed E-state index contributed by atoms with van der Waals surface area (Å²) in [6.45, 7) is 0.949. The lowest BCUT2D eigenvalue weighted by Gasteiger charge is -1.95. The molecular weight excluding hydrogens is 310 g/mol. The first-order valence-electron chi connectivity index (χ1n) is 5.33. The number of benzene rings is 2. The first-order chi connectivity index (χ1) is 7.93. The summed E-state index contributed by atoms with van der Waals surface area (Å²) < 4.78 is 3.65. The number of para-hydroxylation sites is 1. The molecule has 0 spiro atoms. The number of hydrogen-bond donors (Lipinski definition) is 0. The Hall–Kier alpha value is -1.23.